The van der Waals surface area contributed by atoms with Gasteiger partial charge in [-0.1, -0.05) is 0 Å². The maximum Gasteiger partial charge on any atom is 0.237 e. The predicted octanol–water partition coefficient (Wildman–Crippen LogP) is -0.224. The number of nitrogens with two attached hydrogens (primary N) is 1. The Kier molecular flexibility index (Phi) is 4.43. The average Bonchev–Trinajstić information content (AvgIpc) is 2.67. The lowest BCUT2D eigenvalue weighted by Gasteiger charge is -2.26. The Morgan fingerprint density at radius 3 is 2.88 bits per heavy atom. The van der Waals surface area contributed by atoms with E-state index >= 15 is 0 Å². The first-order valence-corrected chi connectivity index (χ1v) is 5.68. The number of likely N-dealkylation sites (tertiary alicyclic amines) is 1. The standard InChI is InChI=1S/C11H19FN4O/c1-11(2,7-14)15-5-10(17)16-6-8(12)3-9(16)4-13/h8-9,15H,3,5-7,14H2,1-2H3/t8-,9-/m0/s1. The van der Waals surface area contributed by atoms with E-state index < -0.39 is 12.2 Å². The van der Waals surface area contributed by atoms with Gasteiger partial charge >= 0.3 is 0 Å². The molecular weight excluding hydrogens is 223 g/mol. The fourth-order valence-electron chi connectivity index (χ4n) is 1.67. The quantitative estimate of drug-likeness (QED) is 0.714. The van der Waals surface area contributed by atoms with Gasteiger partial charge in [0.2, 0.25) is 5.91 Å². The normalized spacial score (nSPS) is 24.8. The van der Waals surface area contributed by atoms with Gasteiger partial charge in [-0.25, -0.2) is 4.39 Å². The van der Waals surface area contributed by atoms with Gasteiger partial charge in [-0.15, -0.1) is 0 Å². The van der Waals surface area contributed by atoms with Crippen molar-refractivity contribution in [3.05, 3.63) is 0 Å². The highest BCUT2D eigenvalue weighted by Gasteiger charge is 2.35. The molecule has 2 atom stereocenters. The second-order valence-electron chi connectivity index (χ2n) is 4.97. The summed E-state index contributed by atoms with van der Waals surface area (Å²) in [5.41, 5.74) is 5.18. The Balaban J connectivity index is 2.51. The Hall–Kier alpha value is -1.19. The minimum Gasteiger partial charge on any atom is -0.329 e. The van der Waals surface area contributed by atoms with E-state index in [2.05, 4.69) is 5.32 Å². The smallest absolute Gasteiger partial charge is 0.237 e. The molecule has 0 saturated carbocycles. The van der Waals surface area contributed by atoms with Crippen LogP contribution in [0.25, 0.3) is 0 Å². The molecule has 96 valence electrons. The van der Waals surface area contributed by atoms with Gasteiger partial charge < -0.3 is 16.0 Å². The first-order valence-electron chi connectivity index (χ1n) is 5.68. The summed E-state index contributed by atoms with van der Waals surface area (Å²) >= 11 is 0. The summed E-state index contributed by atoms with van der Waals surface area (Å²) in [6.45, 7) is 4.25. The molecule has 1 fully saturated rings. The summed E-state index contributed by atoms with van der Waals surface area (Å²) in [5.74, 6) is -0.252. The van der Waals surface area contributed by atoms with Gasteiger partial charge in [0.25, 0.3) is 0 Å². The molecule has 0 aromatic carbocycles. The summed E-state index contributed by atoms with van der Waals surface area (Å²) < 4.78 is 13.1. The number of hydrogen-bond donors (Lipinski definition) is 2. The molecule has 3 N–H and O–H groups in total. The van der Waals surface area contributed by atoms with E-state index in [1.807, 2.05) is 19.9 Å². The molecule has 5 nitrogen and oxygen atoms in total. The summed E-state index contributed by atoms with van der Waals surface area (Å²) in [5, 5.41) is 11.8. The van der Waals surface area contributed by atoms with E-state index in [0.717, 1.165) is 0 Å². The molecule has 0 bridgehead atoms. The third-order valence-corrected chi connectivity index (χ3v) is 2.95. The zero-order valence-corrected chi connectivity index (χ0v) is 10.2. The number of hydrogen-bond acceptors (Lipinski definition) is 4. The lowest BCUT2D eigenvalue weighted by Crippen LogP contribution is -2.51. The SMILES string of the molecule is CC(C)(CN)NCC(=O)N1C[C@@H](F)C[C@H]1C#N. The lowest BCUT2D eigenvalue weighted by molar-refractivity contribution is -0.130. The maximum absolute atomic E-state index is 13.1. The molecule has 17 heavy (non-hydrogen) atoms. The summed E-state index contributed by atoms with van der Waals surface area (Å²) in [4.78, 5) is 13.1. The molecular formula is C11H19FN4O. The highest BCUT2D eigenvalue weighted by atomic mass is 19.1. The highest BCUT2D eigenvalue weighted by Crippen LogP contribution is 2.19. The van der Waals surface area contributed by atoms with Crippen LogP contribution in [0.2, 0.25) is 0 Å². The van der Waals surface area contributed by atoms with Crippen molar-refractivity contribution < 1.29 is 9.18 Å². The first kappa shape index (κ1) is 13.9. The van der Waals surface area contributed by atoms with Gasteiger partial charge in [0.15, 0.2) is 0 Å². The third kappa shape index (κ3) is 3.65. The summed E-state index contributed by atoms with van der Waals surface area (Å²) in [7, 11) is 0. The Morgan fingerprint density at radius 1 is 1.71 bits per heavy atom. The maximum atomic E-state index is 13.1. The van der Waals surface area contributed by atoms with Crippen LogP contribution >= 0.6 is 0 Å². The van der Waals surface area contributed by atoms with Crippen LogP contribution in [-0.2, 0) is 4.79 Å². The largest absolute Gasteiger partial charge is 0.329 e. The molecule has 0 aliphatic carbocycles. The van der Waals surface area contributed by atoms with Crippen LogP contribution in [-0.4, -0.2) is 48.2 Å². The van der Waals surface area contributed by atoms with Crippen molar-refractivity contribution in [2.75, 3.05) is 19.6 Å². The fraction of sp³-hybridized carbons (Fsp3) is 0.818. The molecule has 1 rings (SSSR count). The van der Waals surface area contributed by atoms with Crippen LogP contribution in [0.15, 0.2) is 0 Å². The van der Waals surface area contributed by atoms with Crippen LogP contribution in [0.3, 0.4) is 0 Å². The highest BCUT2D eigenvalue weighted by molar-refractivity contribution is 5.79. The van der Waals surface area contributed by atoms with E-state index in [1.54, 1.807) is 0 Å². The molecule has 1 saturated heterocycles. The number of nitrogens with one attached hydrogen (secondary N) is 1. The lowest BCUT2D eigenvalue weighted by atomic mass is 10.1. The molecule has 1 aliphatic heterocycles. The van der Waals surface area contributed by atoms with E-state index in [-0.39, 0.29) is 31.0 Å². The number of halogens is 1. The Morgan fingerprint density at radius 2 is 2.35 bits per heavy atom. The summed E-state index contributed by atoms with van der Waals surface area (Å²) in [6, 6.07) is 1.31. The molecule has 0 aromatic rings. The van der Waals surface area contributed by atoms with Crippen LogP contribution in [0, 0.1) is 11.3 Å². The number of carbonyl (C=O) groups is 1. The van der Waals surface area contributed by atoms with Crippen LogP contribution in [0.1, 0.15) is 20.3 Å². The third-order valence-electron chi connectivity index (χ3n) is 2.95. The zero-order valence-electron chi connectivity index (χ0n) is 10.2. The number of alkyl halides is 1. The minimum atomic E-state index is -1.09. The van der Waals surface area contributed by atoms with Crippen molar-refractivity contribution in [2.24, 2.45) is 5.73 Å². The van der Waals surface area contributed by atoms with E-state index in [4.69, 9.17) is 11.0 Å². The zero-order chi connectivity index (χ0) is 13.1. The molecule has 1 aliphatic rings. The fourth-order valence-corrected chi connectivity index (χ4v) is 1.67. The van der Waals surface area contributed by atoms with Crippen LogP contribution in [0.5, 0.6) is 0 Å². The monoisotopic (exact) mass is 242 g/mol. The van der Waals surface area contributed by atoms with Gasteiger partial charge in [-0.3, -0.25) is 4.79 Å². The summed E-state index contributed by atoms with van der Waals surface area (Å²) in [6.07, 6.45) is -0.978. The van der Waals surface area contributed by atoms with Crippen molar-refractivity contribution in [3.63, 3.8) is 0 Å². The average molecular weight is 242 g/mol. The predicted molar refractivity (Wildman–Crippen MR) is 61.8 cm³/mol. The van der Waals surface area contributed by atoms with Crippen molar-refractivity contribution in [2.45, 2.75) is 38.0 Å². The number of nitrogens with zero attached hydrogens (tertiary/aromatic N) is 2. The van der Waals surface area contributed by atoms with Gasteiger partial charge in [0.05, 0.1) is 19.2 Å². The van der Waals surface area contributed by atoms with Crippen LogP contribution in [0.4, 0.5) is 4.39 Å². The van der Waals surface area contributed by atoms with Crippen molar-refractivity contribution in [1.82, 2.24) is 10.2 Å². The van der Waals surface area contributed by atoms with Crippen molar-refractivity contribution >= 4 is 5.91 Å². The molecule has 1 heterocycles. The second-order valence-corrected chi connectivity index (χ2v) is 4.97. The van der Waals surface area contributed by atoms with Gasteiger partial charge in [-0.2, -0.15) is 5.26 Å². The molecule has 0 unspecified atom stereocenters. The number of carbonyl (C=O) groups excluding carboxylic acids is 1. The topological polar surface area (TPSA) is 82.2 Å². The van der Waals surface area contributed by atoms with Gasteiger partial charge in [0.1, 0.15) is 12.2 Å². The number of rotatable bonds is 4. The molecule has 6 heteroatoms. The number of amides is 1. The molecule has 0 radical (unpaired) electrons. The van der Waals surface area contributed by atoms with Gasteiger partial charge in [-0.05, 0) is 13.8 Å². The van der Waals surface area contributed by atoms with E-state index in [0.29, 0.717) is 6.54 Å². The minimum absolute atomic E-state index is 0.0157. The molecule has 1 amide bonds. The van der Waals surface area contributed by atoms with Crippen LogP contribution < -0.4 is 11.1 Å². The molecule has 0 spiro atoms. The van der Waals surface area contributed by atoms with Gasteiger partial charge in [0, 0.05) is 18.5 Å². The first-order chi connectivity index (χ1) is 7.89. The number of nitriles is 1. The Bertz CT molecular complexity index is 326. The van der Waals surface area contributed by atoms with Crippen molar-refractivity contribution in [3.8, 4) is 6.07 Å². The van der Waals surface area contributed by atoms with Crippen molar-refractivity contribution in [1.29, 1.82) is 5.26 Å². The van der Waals surface area contributed by atoms with E-state index in [1.165, 1.54) is 4.90 Å². The second kappa shape index (κ2) is 5.43. The molecule has 0 aromatic heterocycles. The Labute approximate surface area is 101 Å². The van der Waals surface area contributed by atoms with E-state index in [9.17, 15) is 9.18 Å².